The van der Waals surface area contributed by atoms with E-state index in [-0.39, 0.29) is 11.2 Å². The van der Waals surface area contributed by atoms with E-state index in [2.05, 4.69) is 10.2 Å². The van der Waals surface area contributed by atoms with Crippen molar-refractivity contribution in [1.29, 1.82) is 0 Å². The van der Waals surface area contributed by atoms with Crippen molar-refractivity contribution >= 4 is 11.6 Å². The van der Waals surface area contributed by atoms with Gasteiger partial charge in [0.05, 0.1) is 5.41 Å². The lowest BCUT2D eigenvalue weighted by Crippen LogP contribution is -2.18. The van der Waals surface area contributed by atoms with E-state index in [9.17, 15) is 4.39 Å². The Hall–Kier alpha value is -2.69. The fourth-order valence-corrected chi connectivity index (χ4v) is 3.33. The Balaban J connectivity index is 1.71. The smallest absolute Gasteiger partial charge is 0.231 e. The second kappa shape index (κ2) is 5.44. The Morgan fingerprint density at radius 3 is 2.29 bits per heavy atom. The number of halogens is 1. The van der Waals surface area contributed by atoms with Crippen molar-refractivity contribution in [2.75, 3.05) is 11.9 Å². The minimum Gasteiger partial charge on any atom is -0.314 e. The zero-order valence-electron chi connectivity index (χ0n) is 13.8. The van der Waals surface area contributed by atoms with Gasteiger partial charge in [-0.15, -0.1) is 10.2 Å². The number of anilines is 2. The topological polar surface area (TPSA) is 34.0 Å². The molecular weight excluding hydrogens is 303 g/mol. The average molecular weight is 322 g/mol. The predicted molar refractivity (Wildman–Crippen MR) is 91.9 cm³/mol. The Morgan fingerprint density at radius 1 is 1.00 bits per heavy atom. The van der Waals surface area contributed by atoms with Crippen LogP contribution in [0.3, 0.4) is 0 Å². The van der Waals surface area contributed by atoms with Gasteiger partial charge < -0.3 is 4.90 Å². The minimum atomic E-state index is -0.211. The molecule has 0 amide bonds. The lowest BCUT2D eigenvalue weighted by Gasteiger charge is -2.20. The fraction of sp³-hybridized carbons (Fsp3) is 0.263. The molecule has 5 heteroatoms. The lowest BCUT2D eigenvalue weighted by molar-refractivity contribution is 0.624. The summed E-state index contributed by atoms with van der Waals surface area (Å²) in [6.45, 7) is 0. The third kappa shape index (κ3) is 2.28. The molecule has 2 aromatic carbocycles. The number of nitrogens with zero attached hydrogens (tertiary/aromatic N) is 4. The summed E-state index contributed by atoms with van der Waals surface area (Å²) in [5.41, 5.74) is 2.03. The molecule has 0 bridgehead atoms. The molecule has 122 valence electrons. The average Bonchev–Trinajstić information content (AvgIpc) is 3.32. The maximum absolute atomic E-state index is 13.2. The molecule has 1 heterocycles. The van der Waals surface area contributed by atoms with Gasteiger partial charge in [0.15, 0.2) is 0 Å². The summed E-state index contributed by atoms with van der Waals surface area (Å²) in [6.07, 6.45) is 2.03. The summed E-state index contributed by atoms with van der Waals surface area (Å²) in [5.74, 6) is 1.52. The Kier molecular flexibility index (Phi) is 3.37. The summed E-state index contributed by atoms with van der Waals surface area (Å²) in [4.78, 5) is 2.03. The van der Waals surface area contributed by atoms with E-state index in [0.717, 1.165) is 35.9 Å². The first kappa shape index (κ1) is 14.9. The molecular formula is C19H19FN4. The van der Waals surface area contributed by atoms with E-state index in [4.69, 9.17) is 0 Å². The molecule has 1 aromatic heterocycles. The molecule has 0 radical (unpaired) electrons. The molecule has 3 aromatic rings. The van der Waals surface area contributed by atoms with Crippen LogP contribution < -0.4 is 4.90 Å². The summed E-state index contributed by atoms with van der Waals surface area (Å²) in [5, 5.41) is 8.88. The molecule has 1 fully saturated rings. The zero-order chi connectivity index (χ0) is 16.7. The van der Waals surface area contributed by atoms with E-state index < -0.39 is 0 Å². The molecule has 1 aliphatic carbocycles. The SMILES string of the molecule is CN(c1ccccc1)c1nnc(C2(c3ccc(F)cc3)CC2)n1C. The van der Waals surface area contributed by atoms with Gasteiger partial charge in [-0.3, -0.25) is 4.57 Å². The summed E-state index contributed by atoms with van der Waals surface area (Å²) >= 11 is 0. The number of aromatic nitrogens is 3. The van der Waals surface area contributed by atoms with Crippen molar-refractivity contribution < 1.29 is 4.39 Å². The highest BCUT2D eigenvalue weighted by molar-refractivity contribution is 5.56. The quantitative estimate of drug-likeness (QED) is 0.732. The third-order valence-corrected chi connectivity index (χ3v) is 4.87. The number of rotatable bonds is 4. The van der Waals surface area contributed by atoms with Crippen LogP contribution in [0, 0.1) is 5.82 Å². The number of hydrogen-bond donors (Lipinski definition) is 0. The van der Waals surface area contributed by atoms with E-state index >= 15 is 0 Å². The van der Waals surface area contributed by atoms with Gasteiger partial charge in [-0.25, -0.2) is 4.39 Å². The summed E-state index contributed by atoms with van der Waals surface area (Å²) in [6, 6.07) is 16.8. The van der Waals surface area contributed by atoms with Crippen molar-refractivity contribution in [2.45, 2.75) is 18.3 Å². The molecule has 0 spiro atoms. The highest BCUT2D eigenvalue weighted by atomic mass is 19.1. The molecule has 1 aliphatic rings. The Morgan fingerprint density at radius 2 is 1.67 bits per heavy atom. The van der Waals surface area contributed by atoms with Crippen molar-refractivity contribution in [3.63, 3.8) is 0 Å². The van der Waals surface area contributed by atoms with Gasteiger partial charge in [0, 0.05) is 19.8 Å². The van der Waals surface area contributed by atoms with E-state index in [0.29, 0.717) is 0 Å². The first-order chi connectivity index (χ1) is 11.6. The molecule has 0 atom stereocenters. The summed E-state index contributed by atoms with van der Waals surface area (Å²) < 4.78 is 15.3. The van der Waals surface area contributed by atoms with Crippen LogP contribution in [0.15, 0.2) is 54.6 Å². The summed E-state index contributed by atoms with van der Waals surface area (Å²) in [7, 11) is 3.98. The van der Waals surface area contributed by atoms with Crippen LogP contribution in [0.25, 0.3) is 0 Å². The van der Waals surface area contributed by atoms with Crippen LogP contribution in [0.2, 0.25) is 0 Å². The van der Waals surface area contributed by atoms with Gasteiger partial charge in [-0.05, 0) is 42.7 Å². The number of hydrogen-bond acceptors (Lipinski definition) is 3. The van der Waals surface area contributed by atoms with E-state index in [1.54, 1.807) is 0 Å². The first-order valence-electron chi connectivity index (χ1n) is 8.06. The predicted octanol–water partition coefficient (Wildman–Crippen LogP) is 3.80. The molecule has 4 nitrogen and oxygen atoms in total. The monoisotopic (exact) mass is 322 g/mol. The van der Waals surface area contributed by atoms with Crippen LogP contribution in [-0.2, 0) is 12.5 Å². The number of para-hydroxylation sites is 1. The van der Waals surface area contributed by atoms with E-state index in [1.807, 2.05) is 66.0 Å². The van der Waals surface area contributed by atoms with Gasteiger partial charge >= 0.3 is 0 Å². The molecule has 0 N–H and O–H groups in total. The Bertz CT molecular complexity index is 851. The largest absolute Gasteiger partial charge is 0.314 e. The van der Waals surface area contributed by atoms with Crippen LogP contribution in [0.1, 0.15) is 24.2 Å². The van der Waals surface area contributed by atoms with Crippen molar-refractivity contribution in [1.82, 2.24) is 14.8 Å². The van der Waals surface area contributed by atoms with E-state index in [1.165, 1.54) is 12.1 Å². The Labute approximate surface area is 140 Å². The molecule has 4 rings (SSSR count). The third-order valence-electron chi connectivity index (χ3n) is 4.87. The highest BCUT2D eigenvalue weighted by Gasteiger charge is 2.50. The van der Waals surface area contributed by atoms with Gasteiger partial charge in [-0.1, -0.05) is 30.3 Å². The second-order valence-corrected chi connectivity index (χ2v) is 6.37. The van der Waals surface area contributed by atoms with Crippen molar-refractivity contribution in [3.05, 3.63) is 71.8 Å². The minimum absolute atomic E-state index is 0.134. The molecule has 0 saturated heterocycles. The van der Waals surface area contributed by atoms with Crippen molar-refractivity contribution in [3.8, 4) is 0 Å². The normalized spacial score (nSPS) is 15.3. The number of benzene rings is 2. The maximum atomic E-state index is 13.2. The lowest BCUT2D eigenvalue weighted by atomic mass is 9.95. The van der Waals surface area contributed by atoms with Gasteiger partial charge in [-0.2, -0.15) is 0 Å². The highest BCUT2D eigenvalue weighted by Crippen LogP contribution is 2.53. The molecule has 1 saturated carbocycles. The molecule has 24 heavy (non-hydrogen) atoms. The van der Waals surface area contributed by atoms with Crippen LogP contribution in [0.4, 0.5) is 16.0 Å². The maximum Gasteiger partial charge on any atom is 0.231 e. The van der Waals surface area contributed by atoms with Crippen LogP contribution in [0.5, 0.6) is 0 Å². The molecule has 0 aliphatic heterocycles. The standard InChI is InChI=1S/C19H19FN4/c1-23(16-6-4-3-5-7-16)18-22-21-17(24(18)2)19(12-13-19)14-8-10-15(20)11-9-14/h3-11H,12-13H2,1-2H3. The van der Waals surface area contributed by atoms with Crippen LogP contribution in [-0.4, -0.2) is 21.8 Å². The second-order valence-electron chi connectivity index (χ2n) is 6.37. The van der Waals surface area contributed by atoms with Gasteiger partial charge in [0.2, 0.25) is 5.95 Å². The van der Waals surface area contributed by atoms with Crippen molar-refractivity contribution in [2.24, 2.45) is 7.05 Å². The molecule has 0 unspecified atom stereocenters. The fourth-order valence-electron chi connectivity index (χ4n) is 3.33. The van der Waals surface area contributed by atoms with Gasteiger partial charge in [0.25, 0.3) is 0 Å². The first-order valence-corrected chi connectivity index (χ1v) is 8.06. The van der Waals surface area contributed by atoms with Crippen LogP contribution >= 0.6 is 0 Å². The zero-order valence-corrected chi connectivity index (χ0v) is 13.8. The van der Waals surface area contributed by atoms with Gasteiger partial charge in [0.1, 0.15) is 11.6 Å².